The van der Waals surface area contributed by atoms with Gasteiger partial charge in [-0.2, -0.15) is 0 Å². The van der Waals surface area contributed by atoms with Crippen molar-refractivity contribution in [1.29, 1.82) is 0 Å². The number of nitrogens with zero attached hydrogens (tertiary/aromatic N) is 3. The van der Waals surface area contributed by atoms with Gasteiger partial charge in [0.05, 0.1) is 12.6 Å². The molecule has 2 saturated carbocycles. The van der Waals surface area contributed by atoms with Gasteiger partial charge in [0.15, 0.2) is 0 Å². The van der Waals surface area contributed by atoms with Crippen LogP contribution in [-0.4, -0.2) is 101 Å². The maximum Gasteiger partial charge on any atom is 0.410 e. The van der Waals surface area contributed by atoms with Crippen LogP contribution < -0.4 is 15.4 Å². The highest BCUT2D eigenvalue weighted by atomic mass is 16.6. The van der Waals surface area contributed by atoms with Gasteiger partial charge in [-0.1, -0.05) is 37.5 Å². The molecule has 0 bridgehead atoms. The molecule has 0 spiro atoms. The fraction of sp³-hybridized carbons (Fsp3) is 0.714. The van der Waals surface area contributed by atoms with Crippen molar-refractivity contribution in [3.63, 3.8) is 0 Å². The standard InChI is InChI=1S/C35H51N5O6/c1-21(38(5)34(44)46-35(2,3)4)31(41)37-30(22-11-7-6-8-12-22)33(43)40-19-24-17-23-18-27(23)39(24)20-28(40)32(42)36-26-15-16-45-29-14-10-9-13-25(26)29/h9-10,13-14,21-24,26-28,30H,6-8,11-12,15-20H2,1-5H3,(H,36,42)(H,37,41)/t21-,23+,24+,26+,27-,28-,30-/m0/s1. The number of carbonyl (C=O) groups is 4. The van der Waals surface area contributed by atoms with Gasteiger partial charge in [0.1, 0.15) is 29.5 Å². The second-order valence-corrected chi connectivity index (χ2v) is 15.0. The van der Waals surface area contributed by atoms with Crippen LogP contribution in [0.3, 0.4) is 0 Å². The van der Waals surface area contributed by atoms with E-state index in [2.05, 4.69) is 15.5 Å². The number of hydrogen-bond donors (Lipinski definition) is 2. The van der Waals surface area contributed by atoms with Crippen molar-refractivity contribution < 1.29 is 28.7 Å². The lowest BCUT2D eigenvalue weighted by atomic mass is 9.82. The smallest absolute Gasteiger partial charge is 0.410 e. The molecule has 6 rings (SSSR count). The Morgan fingerprint density at radius 3 is 2.50 bits per heavy atom. The minimum absolute atomic E-state index is 0.0367. The first-order valence-corrected chi connectivity index (χ1v) is 17.3. The maximum absolute atomic E-state index is 14.7. The molecular formula is C35H51N5O6. The number of fused-ring (bicyclic) bond motifs is 4. The molecule has 0 aromatic heterocycles. The topological polar surface area (TPSA) is 121 Å². The Morgan fingerprint density at radius 2 is 1.76 bits per heavy atom. The van der Waals surface area contributed by atoms with E-state index in [0.717, 1.165) is 56.3 Å². The summed E-state index contributed by atoms with van der Waals surface area (Å²) in [6.45, 7) is 8.47. The van der Waals surface area contributed by atoms with E-state index in [1.54, 1.807) is 32.6 Å². The molecule has 3 aliphatic heterocycles. The van der Waals surface area contributed by atoms with Crippen molar-refractivity contribution in [2.24, 2.45) is 11.8 Å². The Hall–Kier alpha value is -3.34. The number of nitrogens with one attached hydrogen (secondary N) is 2. The summed E-state index contributed by atoms with van der Waals surface area (Å²) >= 11 is 0. The minimum atomic E-state index is -0.847. The Labute approximate surface area is 272 Å². The van der Waals surface area contributed by atoms with Crippen molar-refractivity contribution in [2.45, 2.75) is 121 Å². The third-order valence-corrected chi connectivity index (χ3v) is 10.7. The van der Waals surface area contributed by atoms with Crippen molar-refractivity contribution >= 4 is 23.8 Å². The summed E-state index contributed by atoms with van der Waals surface area (Å²) in [5, 5.41) is 6.35. The molecule has 4 fully saturated rings. The Balaban J connectivity index is 1.23. The summed E-state index contributed by atoms with van der Waals surface area (Å²) in [6.07, 6.45) is 7.00. The summed E-state index contributed by atoms with van der Waals surface area (Å²) < 4.78 is 11.3. The first-order valence-electron chi connectivity index (χ1n) is 17.3. The highest BCUT2D eigenvalue weighted by molar-refractivity contribution is 5.94. The van der Waals surface area contributed by atoms with E-state index in [1.807, 2.05) is 24.3 Å². The van der Waals surface area contributed by atoms with E-state index < -0.39 is 35.7 Å². The molecule has 4 amide bonds. The number of carbonyl (C=O) groups excluding carboxylic acids is 4. The SMILES string of the molecule is C[C@@H](C(=O)N[C@H](C(=O)N1C[C@H]2C[C@@H]3C[C@@H]3N2C[C@H]1C(=O)N[C@@H]1CCOc2ccccc21)C1CCCCC1)N(C)C(=O)OC(C)(C)C. The summed E-state index contributed by atoms with van der Waals surface area (Å²) in [6, 6.07) is 6.02. The number of likely N-dealkylation sites (N-methyl/N-ethyl adjacent to an activating group) is 1. The van der Waals surface area contributed by atoms with E-state index in [0.29, 0.717) is 38.1 Å². The minimum Gasteiger partial charge on any atom is -0.493 e. The summed E-state index contributed by atoms with van der Waals surface area (Å²) in [5.74, 6) is 0.624. The predicted molar refractivity (Wildman–Crippen MR) is 172 cm³/mol. The molecule has 46 heavy (non-hydrogen) atoms. The number of para-hydroxylation sites is 1. The van der Waals surface area contributed by atoms with Gasteiger partial charge in [-0.15, -0.1) is 0 Å². The number of ether oxygens (including phenoxy) is 2. The highest BCUT2D eigenvalue weighted by Gasteiger charge is 2.56. The van der Waals surface area contributed by atoms with Gasteiger partial charge in [0, 0.05) is 44.2 Å². The lowest BCUT2D eigenvalue weighted by Gasteiger charge is -2.46. The lowest BCUT2D eigenvalue weighted by Crippen LogP contribution is -2.67. The fourth-order valence-corrected chi connectivity index (χ4v) is 7.96. The number of benzene rings is 1. The number of piperazine rings is 1. The van der Waals surface area contributed by atoms with Gasteiger partial charge in [-0.05, 0) is 71.3 Å². The average Bonchev–Trinajstić information content (AvgIpc) is 3.72. The largest absolute Gasteiger partial charge is 0.493 e. The Morgan fingerprint density at radius 1 is 1.02 bits per heavy atom. The number of amides is 4. The number of rotatable bonds is 7. The number of piperidine rings is 1. The molecule has 2 aliphatic carbocycles. The Bertz CT molecular complexity index is 1320. The molecule has 2 N–H and O–H groups in total. The van der Waals surface area contributed by atoms with Crippen molar-refractivity contribution in [3.05, 3.63) is 29.8 Å². The third-order valence-electron chi connectivity index (χ3n) is 10.7. The van der Waals surface area contributed by atoms with Gasteiger partial charge in [-0.3, -0.25) is 24.2 Å². The second-order valence-electron chi connectivity index (χ2n) is 15.0. The molecule has 1 aromatic carbocycles. The van der Waals surface area contributed by atoms with Crippen LogP contribution in [0.25, 0.3) is 0 Å². The average molecular weight is 638 g/mol. The first-order chi connectivity index (χ1) is 21.9. The van der Waals surface area contributed by atoms with Gasteiger partial charge >= 0.3 is 6.09 Å². The summed E-state index contributed by atoms with van der Waals surface area (Å²) in [7, 11) is 1.54. The molecule has 1 aromatic rings. The zero-order chi connectivity index (χ0) is 32.7. The molecule has 0 unspecified atom stereocenters. The van der Waals surface area contributed by atoms with Crippen LogP contribution in [0.15, 0.2) is 24.3 Å². The van der Waals surface area contributed by atoms with E-state index >= 15 is 0 Å². The van der Waals surface area contributed by atoms with Crippen LogP contribution in [0.4, 0.5) is 4.79 Å². The molecule has 11 nitrogen and oxygen atoms in total. The van der Waals surface area contributed by atoms with E-state index in [-0.39, 0.29) is 29.8 Å². The molecule has 0 radical (unpaired) electrons. The van der Waals surface area contributed by atoms with E-state index in [1.165, 1.54) is 11.9 Å². The van der Waals surface area contributed by atoms with Crippen LogP contribution in [0, 0.1) is 11.8 Å². The van der Waals surface area contributed by atoms with Crippen molar-refractivity contribution in [3.8, 4) is 5.75 Å². The molecule has 252 valence electrons. The van der Waals surface area contributed by atoms with Crippen LogP contribution in [0.2, 0.25) is 0 Å². The van der Waals surface area contributed by atoms with Crippen LogP contribution in [0.5, 0.6) is 5.75 Å². The van der Waals surface area contributed by atoms with Gasteiger partial charge in [0.25, 0.3) is 0 Å². The summed E-state index contributed by atoms with van der Waals surface area (Å²) in [5.41, 5.74) is 0.250. The first kappa shape index (κ1) is 32.6. The van der Waals surface area contributed by atoms with Crippen LogP contribution >= 0.6 is 0 Å². The van der Waals surface area contributed by atoms with Crippen molar-refractivity contribution in [1.82, 2.24) is 25.3 Å². The molecule has 7 atom stereocenters. The number of hydrogen-bond acceptors (Lipinski definition) is 7. The quantitative estimate of drug-likeness (QED) is 0.469. The molecule has 5 aliphatic rings. The van der Waals surface area contributed by atoms with Gasteiger partial charge in [0.2, 0.25) is 17.7 Å². The van der Waals surface area contributed by atoms with Crippen LogP contribution in [-0.2, 0) is 19.1 Å². The van der Waals surface area contributed by atoms with Crippen molar-refractivity contribution in [2.75, 3.05) is 26.7 Å². The summed E-state index contributed by atoms with van der Waals surface area (Å²) in [4.78, 5) is 60.9. The third kappa shape index (κ3) is 6.85. The predicted octanol–water partition coefficient (Wildman–Crippen LogP) is 3.62. The molecule has 11 heteroatoms. The van der Waals surface area contributed by atoms with Gasteiger partial charge in [-0.25, -0.2) is 4.79 Å². The monoisotopic (exact) mass is 637 g/mol. The zero-order valence-corrected chi connectivity index (χ0v) is 28.0. The normalized spacial score (nSPS) is 28.8. The van der Waals surface area contributed by atoms with E-state index in [4.69, 9.17) is 9.47 Å². The molecular weight excluding hydrogens is 586 g/mol. The zero-order valence-electron chi connectivity index (χ0n) is 28.0. The van der Waals surface area contributed by atoms with Crippen LogP contribution in [0.1, 0.15) is 90.7 Å². The molecule has 3 heterocycles. The lowest BCUT2D eigenvalue weighted by molar-refractivity contribution is -0.150. The van der Waals surface area contributed by atoms with E-state index in [9.17, 15) is 19.2 Å². The highest BCUT2D eigenvalue weighted by Crippen LogP contribution is 2.49. The van der Waals surface area contributed by atoms with Gasteiger partial charge < -0.3 is 25.0 Å². The molecule has 2 saturated heterocycles. The maximum atomic E-state index is 14.7. The second kappa shape index (κ2) is 13.0. The fourth-order valence-electron chi connectivity index (χ4n) is 7.96. The Kier molecular flexibility index (Phi) is 9.24.